The van der Waals surface area contributed by atoms with E-state index in [1.54, 1.807) is 11.3 Å². The number of aromatic nitrogens is 1. The van der Waals surface area contributed by atoms with Crippen LogP contribution in [0.1, 0.15) is 31.0 Å². The Balaban J connectivity index is 2.33. The van der Waals surface area contributed by atoms with Crippen LogP contribution in [0.15, 0.2) is 5.38 Å². The lowest BCUT2D eigenvalue weighted by atomic mass is 10.1. The third-order valence-corrected chi connectivity index (χ3v) is 3.39. The molecule has 1 heterocycles. The molecular weight excluding hydrogens is 228 g/mol. The molecule has 0 fully saturated rings. The van der Waals surface area contributed by atoms with Crippen molar-refractivity contribution >= 4 is 22.9 Å². The molecule has 0 N–H and O–H groups in total. The summed E-state index contributed by atoms with van der Waals surface area (Å²) in [6, 6.07) is 0. The van der Waals surface area contributed by atoms with Gasteiger partial charge in [0, 0.05) is 5.38 Å². The van der Waals surface area contributed by atoms with Crippen LogP contribution in [0.4, 0.5) is 0 Å². The van der Waals surface area contributed by atoms with E-state index in [0.29, 0.717) is 5.88 Å². The van der Waals surface area contributed by atoms with Gasteiger partial charge in [-0.15, -0.1) is 22.9 Å². The van der Waals surface area contributed by atoms with Gasteiger partial charge in [0.1, 0.15) is 5.01 Å². The van der Waals surface area contributed by atoms with Crippen LogP contribution in [0.5, 0.6) is 0 Å². The molecule has 0 unspecified atom stereocenters. The highest BCUT2D eigenvalue weighted by Crippen LogP contribution is 2.13. The van der Waals surface area contributed by atoms with E-state index in [4.69, 9.17) is 11.6 Å². The van der Waals surface area contributed by atoms with Gasteiger partial charge in [-0.25, -0.2) is 4.98 Å². The Morgan fingerprint density at radius 2 is 2.27 bits per heavy atom. The third-order valence-electron chi connectivity index (χ3n) is 2.23. The molecule has 1 rings (SSSR count). The maximum absolute atomic E-state index is 5.71. The molecule has 0 aliphatic rings. The van der Waals surface area contributed by atoms with Crippen molar-refractivity contribution in [1.29, 1.82) is 0 Å². The number of nitrogens with zero attached hydrogens (tertiary/aromatic N) is 2. The lowest BCUT2D eigenvalue weighted by Gasteiger charge is -2.16. The van der Waals surface area contributed by atoms with Crippen LogP contribution in [-0.2, 0) is 12.4 Å². The summed E-state index contributed by atoms with van der Waals surface area (Å²) in [5, 5.41) is 3.20. The molecule has 0 atom stereocenters. The summed E-state index contributed by atoms with van der Waals surface area (Å²) in [5.41, 5.74) is 0.994. The lowest BCUT2D eigenvalue weighted by molar-refractivity contribution is 0.303. The number of halogens is 1. The van der Waals surface area contributed by atoms with E-state index in [2.05, 4.69) is 30.8 Å². The molecule has 0 bridgehead atoms. The summed E-state index contributed by atoms with van der Waals surface area (Å²) in [7, 11) is 2.14. The maximum Gasteiger partial charge on any atom is 0.107 e. The van der Waals surface area contributed by atoms with Crippen LogP contribution in [0.2, 0.25) is 0 Å². The first-order valence-corrected chi connectivity index (χ1v) is 6.71. The largest absolute Gasteiger partial charge is 0.300 e. The second-order valence-corrected chi connectivity index (χ2v) is 5.50. The van der Waals surface area contributed by atoms with Crippen molar-refractivity contribution in [2.24, 2.45) is 5.92 Å². The summed E-state index contributed by atoms with van der Waals surface area (Å²) in [6.45, 7) is 6.58. The summed E-state index contributed by atoms with van der Waals surface area (Å²) in [5.74, 6) is 1.29. The van der Waals surface area contributed by atoms with Crippen molar-refractivity contribution < 1.29 is 0 Å². The molecule has 2 nitrogen and oxygen atoms in total. The molecule has 0 saturated carbocycles. The van der Waals surface area contributed by atoms with Gasteiger partial charge in [-0.05, 0) is 25.9 Å². The second kappa shape index (κ2) is 6.46. The minimum atomic E-state index is 0.520. The predicted octanol–water partition coefficient (Wildman–Crippen LogP) is 3.36. The molecule has 0 aliphatic carbocycles. The first kappa shape index (κ1) is 12.9. The maximum atomic E-state index is 5.71. The van der Waals surface area contributed by atoms with Gasteiger partial charge in [-0.1, -0.05) is 13.8 Å². The molecule has 1 aromatic rings. The number of alkyl halides is 1. The highest BCUT2D eigenvalue weighted by atomic mass is 35.5. The second-order valence-electron chi connectivity index (χ2n) is 4.29. The Bertz CT molecular complexity index is 286. The zero-order chi connectivity index (χ0) is 11.3. The normalized spacial score (nSPS) is 11.6. The zero-order valence-corrected chi connectivity index (χ0v) is 11.2. The molecule has 0 saturated heterocycles. The van der Waals surface area contributed by atoms with E-state index in [1.165, 1.54) is 6.42 Å². The van der Waals surface area contributed by atoms with Gasteiger partial charge < -0.3 is 0 Å². The quantitative estimate of drug-likeness (QED) is 0.716. The van der Waals surface area contributed by atoms with Gasteiger partial charge in [0.25, 0.3) is 0 Å². The van der Waals surface area contributed by atoms with Gasteiger partial charge >= 0.3 is 0 Å². The smallest absolute Gasteiger partial charge is 0.107 e. The highest BCUT2D eigenvalue weighted by Gasteiger charge is 2.05. The molecule has 0 amide bonds. The molecule has 15 heavy (non-hydrogen) atoms. The number of hydrogen-bond donors (Lipinski definition) is 0. The van der Waals surface area contributed by atoms with Crippen LogP contribution < -0.4 is 0 Å². The highest BCUT2D eigenvalue weighted by molar-refractivity contribution is 7.09. The molecular formula is C11H19ClN2S. The van der Waals surface area contributed by atoms with Crippen LogP contribution in [0.3, 0.4) is 0 Å². The van der Waals surface area contributed by atoms with E-state index in [0.717, 1.165) is 29.7 Å². The van der Waals surface area contributed by atoms with Gasteiger partial charge in [-0.2, -0.15) is 0 Å². The fourth-order valence-corrected chi connectivity index (χ4v) is 2.37. The van der Waals surface area contributed by atoms with Crippen molar-refractivity contribution in [2.45, 2.75) is 32.7 Å². The lowest BCUT2D eigenvalue weighted by Crippen LogP contribution is -2.20. The van der Waals surface area contributed by atoms with Crippen molar-refractivity contribution in [1.82, 2.24) is 9.88 Å². The summed E-state index contributed by atoms with van der Waals surface area (Å²) >= 11 is 7.41. The van der Waals surface area contributed by atoms with Crippen LogP contribution >= 0.6 is 22.9 Å². The van der Waals surface area contributed by atoms with Crippen LogP contribution in [0, 0.1) is 5.92 Å². The predicted molar refractivity (Wildman–Crippen MR) is 67.5 cm³/mol. The van der Waals surface area contributed by atoms with E-state index in [1.807, 2.05) is 5.38 Å². The van der Waals surface area contributed by atoms with E-state index in [9.17, 15) is 0 Å². The fraction of sp³-hybridized carbons (Fsp3) is 0.727. The third kappa shape index (κ3) is 4.96. The van der Waals surface area contributed by atoms with E-state index < -0.39 is 0 Å². The summed E-state index contributed by atoms with van der Waals surface area (Å²) in [4.78, 5) is 6.76. The minimum Gasteiger partial charge on any atom is -0.300 e. The molecule has 4 heteroatoms. The van der Waals surface area contributed by atoms with Crippen molar-refractivity contribution in [3.8, 4) is 0 Å². The fourth-order valence-electron chi connectivity index (χ4n) is 1.27. The molecule has 0 spiro atoms. The van der Waals surface area contributed by atoms with Crippen molar-refractivity contribution in [3.63, 3.8) is 0 Å². The van der Waals surface area contributed by atoms with E-state index in [-0.39, 0.29) is 0 Å². The Labute approximate surface area is 101 Å². The Hall–Kier alpha value is -0.120. The Kier molecular flexibility index (Phi) is 5.58. The van der Waals surface area contributed by atoms with Crippen molar-refractivity contribution in [3.05, 3.63) is 16.1 Å². The molecule has 0 radical (unpaired) electrons. The topological polar surface area (TPSA) is 16.1 Å². The van der Waals surface area contributed by atoms with Crippen LogP contribution in [-0.4, -0.2) is 23.5 Å². The Morgan fingerprint density at radius 3 is 2.80 bits per heavy atom. The first-order chi connectivity index (χ1) is 7.11. The molecule has 0 aliphatic heterocycles. The number of hydrogen-bond acceptors (Lipinski definition) is 3. The monoisotopic (exact) mass is 246 g/mol. The standard InChI is InChI=1S/C11H19ClN2S/c1-9(2)4-5-14(3)7-11-13-10(6-12)8-15-11/h8-9H,4-7H2,1-3H3. The average Bonchev–Trinajstić information content (AvgIpc) is 2.62. The Morgan fingerprint density at radius 1 is 1.53 bits per heavy atom. The number of rotatable bonds is 6. The van der Waals surface area contributed by atoms with Gasteiger partial charge in [0.05, 0.1) is 18.1 Å². The zero-order valence-electron chi connectivity index (χ0n) is 9.66. The molecule has 1 aromatic heterocycles. The van der Waals surface area contributed by atoms with Crippen LogP contribution in [0.25, 0.3) is 0 Å². The van der Waals surface area contributed by atoms with E-state index >= 15 is 0 Å². The first-order valence-electron chi connectivity index (χ1n) is 5.29. The SMILES string of the molecule is CC(C)CCN(C)Cc1nc(CCl)cs1. The van der Waals surface area contributed by atoms with Gasteiger partial charge in [0.15, 0.2) is 0 Å². The van der Waals surface area contributed by atoms with Gasteiger partial charge in [0.2, 0.25) is 0 Å². The van der Waals surface area contributed by atoms with Gasteiger partial charge in [-0.3, -0.25) is 4.90 Å². The summed E-state index contributed by atoms with van der Waals surface area (Å²) in [6.07, 6.45) is 1.24. The number of thiazole rings is 1. The average molecular weight is 247 g/mol. The minimum absolute atomic E-state index is 0.520. The molecule has 86 valence electrons. The summed E-state index contributed by atoms with van der Waals surface area (Å²) < 4.78 is 0. The van der Waals surface area contributed by atoms with Crippen molar-refractivity contribution in [2.75, 3.05) is 13.6 Å². The molecule has 0 aromatic carbocycles.